The fourth-order valence-electron chi connectivity index (χ4n) is 2.89. The van der Waals surface area contributed by atoms with Crippen LogP contribution in [0.25, 0.3) is 11.3 Å². The number of hydrogen-bond donors (Lipinski definition) is 3. The molecule has 3 rings (SSSR count). The van der Waals surface area contributed by atoms with Gasteiger partial charge >= 0.3 is 0 Å². The zero-order chi connectivity index (χ0) is 20.8. The predicted molar refractivity (Wildman–Crippen MR) is 111 cm³/mol. The molecule has 2 heterocycles. The van der Waals surface area contributed by atoms with Crippen molar-refractivity contribution in [2.45, 2.75) is 12.8 Å². The average Bonchev–Trinajstić information content (AvgIpc) is 3.32. The van der Waals surface area contributed by atoms with Gasteiger partial charge in [0, 0.05) is 11.3 Å². The Hall–Kier alpha value is -3.04. The van der Waals surface area contributed by atoms with Crippen LogP contribution in [-0.2, 0) is 11.2 Å². The number of nitrogens with zero attached hydrogens (tertiary/aromatic N) is 2. The maximum absolute atomic E-state index is 13.0. The van der Waals surface area contributed by atoms with Crippen molar-refractivity contribution in [3.05, 3.63) is 58.9 Å². The van der Waals surface area contributed by atoms with E-state index in [0.29, 0.717) is 17.1 Å². The number of aryl methyl sites for hydroxylation is 1. The molecule has 0 fully saturated rings. The summed E-state index contributed by atoms with van der Waals surface area (Å²) < 4.78 is 13.0. The van der Waals surface area contributed by atoms with Crippen LogP contribution in [0.15, 0.2) is 41.8 Å². The lowest BCUT2D eigenvalue weighted by Crippen LogP contribution is -2.31. The van der Waals surface area contributed by atoms with E-state index in [9.17, 15) is 14.0 Å². The number of rotatable bonds is 9. The number of primary amides is 1. The van der Waals surface area contributed by atoms with Gasteiger partial charge in [-0.1, -0.05) is 0 Å². The molecule has 0 aliphatic carbocycles. The SMILES string of the molecule is CN(CCCc1cc(-c2ccc(F)cc2)n[nH]1)CC(=O)Nc1sccc1C(N)=O. The lowest BCUT2D eigenvalue weighted by molar-refractivity contribution is -0.117. The molecule has 1 aromatic carbocycles. The fourth-order valence-corrected chi connectivity index (χ4v) is 3.70. The first-order valence-corrected chi connectivity index (χ1v) is 9.96. The van der Waals surface area contributed by atoms with Gasteiger partial charge in [0.2, 0.25) is 5.91 Å². The normalized spacial score (nSPS) is 11.0. The summed E-state index contributed by atoms with van der Waals surface area (Å²) in [6.07, 6.45) is 1.61. The van der Waals surface area contributed by atoms with Crippen LogP contribution in [0.1, 0.15) is 22.5 Å². The summed E-state index contributed by atoms with van der Waals surface area (Å²) in [6.45, 7) is 0.922. The molecule has 0 aliphatic heterocycles. The van der Waals surface area contributed by atoms with E-state index in [1.807, 2.05) is 18.0 Å². The molecule has 0 spiro atoms. The molecule has 0 saturated heterocycles. The molecule has 0 radical (unpaired) electrons. The molecular weight excluding hydrogens is 393 g/mol. The first-order valence-electron chi connectivity index (χ1n) is 9.08. The Morgan fingerprint density at radius 2 is 2.03 bits per heavy atom. The van der Waals surface area contributed by atoms with Crippen molar-refractivity contribution in [2.75, 3.05) is 25.5 Å². The molecule has 152 valence electrons. The summed E-state index contributed by atoms with van der Waals surface area (Å²) in [4.78, 5) is 25.4. The third kappa shape index (κ3) is 5.72. The molecule has 0 atom stereocenters. The smallest absolute Gasteiger partial charge is 0.251 e. The summed E-state index contributed by atoms with van der Waals surface area (Å²) in [6, 6.07) is 9.75. The quantitative estimate of drug-likeness (QED) is 0.500. The van der Waals surface area contributed by atoms with Gasteiger partial charge in [-0.05, 0) is 68.2 Å². The highest BCUT2D eigenvalue weighted by molar-refractivity contribution is 7.14. The molecule has 7 nitrogen and oxygen atoms in total. The van der Waals surface area contributed by atoms with Crippen LogP contribution in [0.3, 0.4) is 0 Å². The Labute approximate surface area is 171 Å². The van der Waals surface area contributed by atoms with Gasteiger partial charge in [-0.3, -0.25) is 19.6 Å². The number of hydrogen-bond acceptors (Lipinski definition) is 5. The number of carbonyl (C=O) groups excluding carboxylic acids is 2. The highest BCUT2D eigenvalue weighted by Gasteiger charge is 2.14. The van der Waals surface area contributed by atoms with Crippen LogP contribution in [0.4, 0.5) is 9.39 Å². The number of nitrogens with two attached hydrogens (primary N) is 1. The monoisotopic (exact) mass is 415 g/mol. The van der Waals surface area contributed by atoms with Crippen molar-refractivity contribution in [1.29, 1.82) is 0 Å². The molecule has 2 aromatic heterocycles. The van der Waals surface area contributed by atoms with E-state index in [0.717, 1.165) is 29.8 Å². The van der Waals surface area contributed by atoms with E-state index < -0.39 is 5.91 Å². The molecule has 0 unspecified atom stereocenters. The number of benzene rings is 1. The van der Waals surface area contributed by atoms with E-state index in [1.54, 1.807) is 23.6 Å². The van der Waals surface area contributed by atoms with E-state index in [1.165, 1.54) is 23.5 Å². The van der Waals surface area contributed by atoms with Gasteiger partial charge in [-0.25, -0.2) is 4.39 Å². The van der Waals surface area contributed by atoms with Crippen LogP contribution in [0.2, 0.25) is 0 Å². The molecule has 9 heteroatoms. The van der Waals surface area contributed by atoms with Gasteiger partial charge in [0.25, 0.3) is 5.91 Å². The number of halogens is 1. The first-order chi connectivity index (χ1) is 13.9. The van der Waals surface area contributed by atoms with Crippen molar-refractivity contribution in [2.24, 2.45) is 5.73 Å². The summed E-state index contributed by atoms with van der Waals surface area (Å²) in [7, 11) is 1.86. The predicted octanol–water partition coefficient (Wildman–Crippen LogP) is 2.88. The Kier molecular flexibility index (Phi) is 6.73. The van der Waals surface area contributed by atoms with E-state index in [2.05, 4.69) is 15.5 Å². The summed E-state index contributed by atoms with van der Waals surface area (Å²) in [5.41, 5.74) is 8.21. The van der Waals surface area contributed by atoms with Crippen molar-refractivity contribution in [3.63, 3.8) is 0 Å². The molecule has 0 saturated carbocycles. The van der Waals surface area contributed by atoms with Gasteiger partial charge in [0.15, 0.2) is 0 Å². The minimum atomic E-state index is -0.561. The van der Waals surface area contributed by atoms with Gasteiger partial charge in [-0.15, -0.1) is 11.3 Å². The highest BCUT2D eigenvalue weighted by Crippen LogP contribution is 2.22. The second-order valence-electron chi connectivity index (χ2n) is 6.70. The third-order valence-corrected chi connectivity index (χ3v) is 5.18. The largest absolute Gasteiger partial charge is 0.366 e. The van der Waals surface area contributed by atoms with Crippen LogP contribution in [-0.4, -0.2) is 47.0 Å². The molecule has 3 aromatic rings. The lowest BCUT2D eigenvalue weighted by Gasteiger charge is -2.15. The summed E-state index contributed by atoms with van der Waals surface area (Å²) >= 11 is 1.27. The van der Waals surface area contributed by atoms with Crippen molar-refractivity contribution in [3.8, 4) is 11.3 Å². The number of thiophene rings is 1. The number of aromatic nitrogens is 2. The Morgan fingerprint density at radius 1 is 1.28 bits per heavy atom. The average molecular weight is 415 g/mol. The highest BCUT2D eigenvalue weighted by atomic mass is 32.1. The molecule has 0 aliphatic rings. The van der Waals surface area contributed by atoms with E-state index >= 15 is 0 Å². The van der Waals surface area contributed by atoms with Crippen LogP contribution in [0, 0.1) is 5.82 Å². The van der Waals surface area contributed by atoms with E-state index in [-0.39, 0.29) is 18.3 Å². The maximum atomic E-state index is 13.0. The van der Waals surface area contributed by atoms with Gasteiger partial charge in [0.1, 0.15) is 10.8 Å². The second-order valence-corrected chi connectivity index (χ2v) is 7.62. The zero-order valence-electron chi connectivity index (χ0n) is 15.9. The molecule has 0 bridgehead atoms. The number of amides is 2. The van der Waals surface area contributed by atoms with Crippen molar-refractivity contribution < 1.29 is 14.0 Å². The number of carbonyl (C=O) groups is 2. The molecular formula is C20H22FN5O2S. The van der Waals surface area contributed by atoms with Gasteiger partial charge in [-0.2, -0.15) is 5.10 Å². The fraction of sp³-hybridized carbons (Fsp3) is 0.250. The number of likely N-dealkylation sites (N-methyl/N-ethyl adjacent to an activating group) is 1. The Bertz CT molecular complexity index is 983. The number of anilines is 1. The van der Waals surface area contributed by atoms with E-state index in [4.69, 9.17) is 5.73 Å². The number of aromatic amines is 1. The van der Waals surface area contributed by atoms with Crippen LogP contribution in [0.5, 0.6) is 0 Å². The second kappa shape index (κ2) is 9.44. The minimum Gasteiger partial charge on any atom is -0.366 e. The van der Waals surface area contributed by atoms with Gasteiger partial charge < -0.3 is 11.1 Å². The van der Waals surface area contributed by atoms with Crippen LogP contribution < -0.4 is 11.1 Å². The molecule has 4 N–H and O–H groups in total. The Balaban J connectivity index is 1.43. The minimum absolute atomic E-state index is 0.197. The van der Waals surface area contributed by atoms with Crippen molar-refractivity contribution >= 4 is 28.2 Å². The Morgan fingerprint density at radius 3 is 2.76 bits per heavy atom. The van der Waals surface area contributed by atoms with Gasteiger partial charge in [0.05, 0.1) is 17.8 Å². The standard InChI is InChI=1S/C20H22FN5O2S/c1-26(12-18(27)23-20-16(19(22)28)8-10-29-20)9-2-3-15-11-17(25-24-15)13-4-6-14(21)7-5-13/h4-8,10-11H,2-3,9,12H2,1H3,(H2,22,28)(H,23,27)(H,24,25). The lowest BCUT2D eigenvalue weighted by atomic mass is 10.1. The molecule has 2 amide bonds. The first kappa shape index (κ1) is 20.7. The summed E-state index contributed by atoms with van der Waals surface area (Å²) in [5, 5.41) is 12.2. The third-order valence-electron chi connectivity index (χ3n) is 4.35. The zero-order valence-corrected chi connectivity index (χ0v) is 16.8. The van der Waals surface area contributed by atoms with Crippen LogP contribution >= 0.6 is 11.3 Å². The maximum Gasteiger partial charge on any atom is 0.251 e. The number of H-pyrrole nitrogens is 1. The number of nitrogens with one attached hydrogen (secondary N) is 2. The summed E-state index contributed by atoms with van der Waals surface area (Å²) in [5.74, 6) is -1.03. The molecule has 29 heavy (non-hydrogen) atoms. The van der Waals surface area contributed by atoms with Crippen molar-refractivity contribution in [1.82, 2.24) is 15.1 Å². The topological polar surface area (TPSA) is 104 Å².